The predicted octanol–water partition coefficient (Wildman–Crippen LogP) is 4.85. The maximum Gasteiger partial charge on any atom is 0.227 e. The molecule has 1 aliphatic rings. The summed E-state index contributed by atoms with van der Waals surface area (Å²) < 4.78 is 0. The Hall–Kier alpha value is -2.09. The summed E-state index contributed by atoms with van der Waals surface area (Å²) in [5.74, 6) is 0.793. The van der Waals surface area contributed by atoms with E-state index in [0.717, 1.165) is 24.9 Å². The number of hydrogen-bond donors (Lipinski definition) is 0. The molecule has 3 rings (SSSR count). The lowest BCUT2D eigenvalue weighted by Gasteiger charge is -2.23. The van der Waals surface area contributed by atoms with Crippen LogP contribution in [0.1, 0.15) is 54.9 Å². The lowest BCUT2D eigenvalue weighted by Crippen LogP contribution is -2.34. The summed E-state index contributed by atoms with van der Waals surface area (Å²) >= 11 is 0. The Labute approximate surface area is 145 Å². The molecule has 0 unspecified atom stereocenters. The molecule has 0 spiro atoms. The summed E-state index contributed by atoms with van der Waals surface area (Å²) in [6.45, 7) is 7.22. The second kappa shape index (κ2) is 7.21. The summed E-state index contributed by atoms with van der Waals surface area (Å²) in [5, 5.41) is 0. The minimum Gasteiger partial charge on any atom is -0.335 e. The van der Waals surface area contributed by atoms with Crippen molar-refractivity contribution in [3.05, 3.63) is 70.8 Å². The zero-order chi connectivity index (χ0) is 17.1. The number of carbonyl (C=O) groups is 1. The first-order valence-corrected chi connectivity index (χ1v) is 8.97. The molecule has 2 aromatic carbocycles. The molecule has 0 radical (unpaired) electrons. The normalized spacial score (nSPS) is 14.0. The van der Waals surface area contributed by atoms with Crippen LogP contribution in [-0.4, -0.2) is 16.8 Å². The van der Waals surface area contributed by atoms with E-state index in [1.165, 1.54) is 16.7 Å². The Balaban J connectivity index is 1.70. The maximum atomic E-state index is 12.9. The number of nitrogens with zero attached hydrogens (tertiary/aromatic N) is 1. The predicted molar refractivity (Wildman–Crippen MR) is 99.0 cm³/mol. The van der Waals surface area contributed by atoms with Crippen molar-refractivity contribution >= 4 is 5.91 Å². The summed E-state index contributed by atoms with van der Waals surface area (Å²) in [7, 11) is 0. The molecular weight excluding hydrogens is 294 g/mol. The van der Waals surface area contributed by atoms with Gasteiger partial charge in [0.15, 0.2) is 0 Å². The van der Waals surface area contributed by atoms with Crippen molar-refractivity contribution in [1.29, 1.82) is 0 Å². The van der Waals surface area contributed by atoms with Crippen LogP contribution in [0.3, 0.4) is 0 Å². The lowest BCUT2D eigenvalue weighted by molar-refractivity contribution is -0.131. The lowest BCUT2D eigenvalue weighted by atomic mass is 10.0. The van der Waals surface area contributed by atoms with E-state index in [0.29, 0.717) is 18.4 Å². The van der Waals surface area contributed by atoms with Crippen molar-refractivity contribution in [2.24, 2.45) is 0 Å². The SMILES string of the molecule is Cc1ccccc1CC(=O)N(Cc1ccc(C(C)C)cc1)C1CC1. The van der Waals surface area contributed by atoms with Gasteiger partial charge in [-0.3, -0.25) is 4.79 Å². The van der Waals surface area contributed by atoms with Gasteiger partial charge in [0.2, 0.25) is 5.91 Å². The Morgan fingerprint density at radius 3 is 2.33 bits per heavy atom. The van der Waals surface area contributed by atoms with Crippen LogP contribution in [0.15, 0.2) is 48.5 Å². The number of amides is 1. The molecule has 1 saturated carbocycles. The molecule has 24 heavy (non-hydrogen) atoms. The minimum atomic E-state index is 0.250. The van der Waals surface area contributed by atoms with E-state index >= 15 is 0 Å². The molecule has 0 bridgehead atoms. The molecule has 2 nitrogen and oxygen atoms in total. The molecule has 1 amide bonds. The van der Waals surface area contributed by atoms with Gasteiger partial charge in [-0.2, -0.15) is 0 Å². The highest BCUT2D eigenvalue weighted by atomic mass is 16.2. The highest BCUT2D eigenvalue weighted by Crippen LogP contribution is 2.29. The number of hydrogen-bond acceptors (Lipinski definition) is 1. The standard InChI is InChI=1S/C22H27NO/c1-16(2)19-10-8-18(9-11-19)15-23(21-12-13-21)22(24)14-20-7-5-4-6-17(20)3/h4-11,16,21H,12-15H2,1-3H3. The Morgan fingerprint density at radius 2 is 1.75 bits per heavy atom. The number of rotatable bonds is 6. The molecule has 1 fully saturated rings. The van der Waals surface area contributed by atoms with Gasteiger partial charge in [0, 0.05) is 12.6 Å². The van der Waals surface area contributed by atoms with Crippen LogP contribution in [-0.2, 0) is 17.8 Å². The quantitative estimate of drug-likeness (QED) is 0.744. The highest BCUT2D eigenvalue weighted by molar-refractivity contribution is 5.79. The molecule has 2 aromatic rings. The number of carbonyl (C=O) groups excluding carboxylic acids is 1. The molecule has 126 valence electrons. The summed E-state index contributed by atoms with van der Waals surface area (Å²) in [6, 6.07) is 17.3. The zero-order valence-corrected chi connectivity index (χ0v) is 15.0. The van der Waals surface area contributed by atoms with Crippen LogP contribution in [0.4, 0.5) is 0 Å². The second-order valence-corrected chi connectivity index (χ2v) is 7.25. The van der Waals surface area contributed by atoms with E-state index in [-0.39, 0.29) is 5.91 Å². The third-order valence-electron chi connectivity index (χ3n) is 4.91. The van der Waals surface area contributed by atoms with E-state index in [1.807, 2.05) is 12.1 Å². The van der Waals surface area contributed by atoms with Crippen molar-refractivity contribution < 1.29 is 4.79 Å². The monoisotopic (exact) mass is 321 g/mol. The van der Waals surface area contributed by atoms with Crippen LogP contribution in [0.5, 0.6) is 0 Å². The van der Waals surface area contributed by atoms with E-state index in [1.54, 1.807) is 0 Å². The van der Waals surface area contributed by atoms with Crippen LogP contribution < -0.4 is 0 Å². The van der Waals surface area contributed by atoms with Crippen LogP contribution in [0.25, 0.3) is 0 Å². The first-order chi connectivity index (χ1) is 11.5. The van der Waals surface area contributed by atoms with Gasteiger partial charge in [-0.1, -0.05) is 62.4 Å². The fraction of sp³-hybridized carbons (Fsp3) is 0.409. The molecule has 2 heteroatoms. The first kappa shape index (κ1) is 16.8. The van der Waals surface area contributed by atoms with Gasteiger partial charge in [-0.05, 0) is 47.9 Å². The van der Waals surface area contributed by atoms with Crippen LogP contribution in [0.2, 0.25) is 0 Å². The van der Waals surface area contributed by atoms with Gasteiger partial charge >= 0.3 is 0 Å². The highest BCUT2D eigenvalue weighted by Gasteiger charge is 2.32. The van der Waals surface area contributed by atoms with Gasteiger partial charge in [0.05, 0.1) is 6.42 Å². The molecule has 1 aliphatic carbocycles. The van der Waals surface area contributed by atoms with Gasteiger partial charge in [-0.25, -0.2) is 0 Å². The third-order valence-corrected chi connectivity index (χ3v) is 4.91. The number of benzene rings is 2. The smallest absolute Gasteiger partial charge is 0.227 e. The molecule has 0 aliphatic heterocycles. The van der Waals surface area contributed by atoms with Gasteiger partial charge in [0.25, 0.3) is 0 Å². The first-order valence-electron chi connectivity index (χ1n) is 8.97. The van der Waals surface area contributed by atoms with E-state index in [2.05, 4.69) is 62.1 Å². The summed E-state index contributed by atoms with van der Waals surface area (Å²) in [5.41, 5.74) is 4.92. The molecule has 0 N–H and O–H groups in total. The van der Waals surface area contributed by atoms with Gasteiger partial charge < -0.3 is 4.90 Å². The summed E-state index contributed by atoms with van der Waals surface area (Å²) in [6.07, 6.45) is 2.79. The number of aryl methyl sites for hydroxylation is 1. The Bertz CT molecular complexity index is 698. The van der Waals surface area contributed by atoms with Crippen LogP contribution >= 0.6 is 0 Å². The fourth-order valence-electron chi connectivity index (χ4n) is 3.08. The Morgan fingerprint density at radius 1 is 1.08 bits per heavy atom. The van der Waals surface area contributed by atoms with Crippen molar-refractivity contribution in [1.82, 2.24) is 4.90 Å². The van der Waals surface area contributed by atoms with Gasteiger partial charge in [0.1, 0.15) is 0 Å². The third kappa shape index (κ3) is 4.05. The summed E-state index contributed by atoms with van der Waals surface area (Å²) in [4.78, 5) is 14.9. The molecule has 0 heterocycles. The van der Waals surface area contributed by atoms with Crippen LogP contribution in [0, 0.1) is 6.92 Å². The van der Waals surface area contributed by atoms with Gasteiger partial charge in [-0.15, -0.1) is 0 Å². The van der Waals surface area contributed by atoms with E-state index in [9.17, 15) is 4.79 Å². The van der Waals surface area contributed by atoms with Crippen molar-refractivity contribution in [2.45, 2.75) is 58.5 Å². The molecule has 0 saturated heterocycles. The van der Waals surface area contributed by atoms with Crippen molar-refractivity contribution in [3.63, 3.8) is 0 Å². The zero-order valence-electron chi connectivity index (χ0n) is 15.0. The van der Waals surface area contributed by atoms with E-state index in [4.69, 9.17) is 0 Å². The average molecular weight is 321 g/mol. The molecule has 0 aromatic heterocycles. The largest absolute Gasteiger partial charge is 0.335 e. The van der Waals surface area contributed by atoms with E-state index < -0.39 is 0 Å². The van der Waals surface area contributed by atoms with Crippen molar-refractivity contribution in [2.75, 3.05) is 0 Å². The Kier molecular flexibility index (Phi) is 5.03. The maximum absolute atomic E-state index is 12.9. The molecule has 0 atom stereocenters. The fourth-order valence-corrected chi connectivity index (χ4v) is 3.08. The molecular formula is C22H27NO. The second-order valence-electron chi connectivity index (χ2n) is 7.25. The van der Waals surface area contributed by atoms with Crippen molar-refractivity contribution in [3.8, 4) is 0 Å². The topological polar surface area (TPSA) is 20.3 Å². The average Bonchev–Trinajstić information content (AvgIpc) is 3.40. The minimum absolute atomic E-state index is 0.250.